The molecule has 0 radical (unpaired) electrons. The zero-order valence-corrected chi connectivity index (χ0v) is 17.2. The summed E-state index contributed by atoms with van der Waals surface area (Å²) in [5.74, 6) is 1.90. The van der Waals surface area contributed by atoms with Crippen molar-refractivity contribution in [1.29, 1.82) is 0 Å². The molecule has 3 nitrogen and oxygen atoms in total. The van der Waals surface area contributed by atoms with Gasteiger partial charge in [0.05, 0.1) is 5.41 Å². The molecule has 1 aromatic carbocycles. The molecule has 4 atom stereocenters. The highest BCUT2D eigenvalue weighted by Gasteiger charge is 2.61. The van der Waals surface area contributed by atoms with Crippen LogP contribution in [0.25, 0.3) is 0 Å². The van der Waals surface area contributed by atoms with Crippen molar-refractivity contribution in [2.75, 3.05) is 0 Å². The van der Waals surface area contributed by atoms with Gasteiger partial charge in [-0.2, -0.15) is 0 Å². The van der Waals surface area contributed by atoms with Crippen molar-refractivity contribution >= 4 is 5.91 Å². The largest absolute Gasteiger partial charge is 0.353 e. The minimum Gasteiger partial charge on any atom is -0.353 e. The van der Waals surface area contributed by atoms with Gasteiger partial charge in [-0.25, -0.2) is 0 Å². The molecule has 2 saturated heterocycles. The van der Waals surface area contributed by atoms with Gasteiger partial charge >= 0.3 is 0 Å². The third kappa shape index (κ3) is 2.69. The molecule has 0 spiro atoms. The molecule has 7 rings (SSSR count). The second-order valence-corrected chi connectivity index (χ2v) is 11.2. The minimum atomic E-state index is -0.0983. The summed E-state index contributed by atoms with van der Waals surface area (Å²) in [5, 5.41) is 7.29. The molecule has 6 fully saturated rings. The Balaban J connectivity index is 1.26. The first kappa shape index (κ1) is 17.5. The van der Waals surface area contributed by atoms with Crippen LogP contribution >= 0.6 is 0 Å². The quantitative estimate of drug-likeness (QED) is 0.826. The average molecular weight is 379 g/mol. The van der Waals surface area contributed by atoms with Gasteiger partial charge in [0.1, 0.15) is 0 Å². The Morgan fingerprint density at radius 1 is 0.964 bits per heavy atom. The van der Waals surface area contributed by atoms with Crippen molar-refractivity contribution in [1.82, 2.24) is 10.6 Å². The highest BCUT2D eigenvalue weighted by atomic mass is 16.2. The number of amides is 1. The summed E-state index contributed by atoms with van der Waals surface area (Å²) in [4.78, 5) is 13.7. The molecule has 3 heteroatoms. The number of nitrogens with one attached hydrogen (secondary N) is 2. The number of rotatable bonds is 3. The summed E-state index contributed by atoms with van der Waals surface area (Å²) in [7, 11) is 0. The Morgan fingerprint density at radius 3 is 2.25 bits per heavy atom. The topological polar surface area (TPSA) is 41.1 Å². The molecule has 6 aliphatic rings. The average Bonchev–Trinajstić information content (AvgIpc) is 2.99. The molecular weight excluding hydrogens is 344 g/mol. The lowest BCUT2D eigenvalue weighted by Gasteiger charge is -2.61. The molecule has 4 saturated carbocycles. The highest BCUT2D eigenvalue weighted by molar-refractivity contribution is 5.84. The maximum absolute atomic E-state index is 13.7. The Morgan fingerprint density at radius 2 is 1.61 bits per heavy atom. The van der Waals surface area contributed by atoms with Crippen molar-refractivity contribution in [3.8, 4) is 0 Å². The number of piperidine rings is 1. The van der Waals surface area contributed by atoms with Crippen molar-refractivity contribution in [2.24, 2.45) is 17.3 Å². The first-order valence-electron chi connectivity index (χ1n) is 11.7. The van der Waals surface area contributed by atoms with Gasteiger partial charge < -0.3 is 10.6 Å². The van der Waals surface area contributed by atoms with Gasteiger partial charge in [0, 0.05) is 18.1 Å². The summed E-state index contributed by atoms with van der Waals surface area (Å²) in [5.41, 5.74) is 2.99. The van der Waals surface area contributed by atoms with E-state index in [-0.39, 0.29) is 10.8 Å². The number of carbonyl (C=O) groups excluding carboxylic acids is 1. The predicted octanol–water partition coefficient (Wildman–Crippen LogP) is 4.23. The number of hydrogen-bond acceptors (Lipinski definition) is 2. The monoisotopic (exact) mass is 378 g/mol. The van der Waals surface area contributed by atoms with E-state index in [4.69, 9.17) is 0 Å². The van der Waals surface area contributed by atoms with Crippen LogP contribution in [0.15, 0.2) is 24.3 Å². The lowest BCUT2D eigenvalue weighted by molar-refractivity contribution is -0.150. The first-order valence-corrected chi connectivity index (χ1v) is 11.7. The minimum absolute atomic E-state index is 0.0983. The molecular formula is C25H34N2O. The molecule has 28 heavy (non-hydrogen) atoms. The van der Waals surface area contributed by atoms with Gasteiger partial charge in [-0.1, -0.05) is 29.8 Å². The maximum atomic E-state index is 13.7. The predicted molar refractivity (Wildman–Crippen MR) is 111 cm³/mol. The summed E-state index contributed by atoms with van der Waals surface area (Å²) in [6.07, 6.45) is 12.2. The van der Waals surface area contributed by atoms with Crippen LogP contribution in [-0.2, 0) is 10.2 Å². The molecule has 0 aromatic heterocycles. The van der Waals surface area contributed by atoms with Gasteiger partial charge in [0.2, 0.25) is 5.91 Å². The van der Waals surface area contributed by atoms with Gasteiger partial charge in [0.15, 0.2) is 0 Å². The molecule has 4 aliphatic carbocycles. The Labute approximate surface area is 169 Å². The van der Waals surface area contributed by atoms with Gasteiger partial charge in [-0.05, 0) is 93.9 Å². The summed E-state index contributed by atoms with van der Waals surface area (Å²) >= 11 is 0. The van der Waals surface area contributed by atoms with Crippen LogP contribution < -0.4 is 10.6 Å². The Bertz CT molecular complexity index is 758. The smallest absolute Gasteiger partial charge is 0.226 e. The van der Waals surface area contributed by atoms with E-state index in [2.05, 4.69) is 41.8 Å². The molecule has 2 heterocycles. The fourth-order valence-electron chi connectivity index (χ4n) is 8.29. The molecule has 1 amide bonds. The highest BCUT2D eigenvalue weighted by Crippen LogP contribution is 2.65. The zero-order chi connectivity index (χ0) is 18.9. The summed E-state index contributed by atoms with van der Waals surface area (Å²) in [6.45, 7) is 2.17. The van der Waals surface area contributed by atoms with Gasteiger partial charge in [0.25, 0.3) is 0 Å². The lowest BCUT2D eigenvalue weighted by atomic mass is 9.42. The van der Waals surface area contributed by atoms with Crippen LogP contribution in [0, 0.1) is 24.2 Å². The molecule has 4 unspecified atom stereocenters. The lowest BCUT2D eigenvalue weighted by Crippen LogP contribution is -2.60. The number of fused-ring (bicyclic) bond motifs is 2. The Hall–Kier alpha value is -1.35. The number of benzene rings is 1. The first-order chi connectivity index (χ1) is 13.5. The number of carbonyl (C=O) groups is 1. The van der Waals surface area contributed by atoms with Crippen molar-refractivity contribution in [2.45, 2.75) is 94.7 Å². The van der Waals surface area contributed by atoms with Crippen LogP contribution in [0.1, 0.15) is 75.3 Å². The van der Waals surface area contributed by atoms with E-state index in [1.54, 1.807) is 0 Å². The van der Waals surface area contributed by atoms with Crippen LogP contribution in [-0.4, -0.2) is 24.0 Å². The SMILES string of the molecule is Cc1ccc(C23CC4CC(CC(C(=O)NC5CC6CCC(C5)N6)(C4)C2)C3)cc1. The van der Waals surface area contributed by atoms with Gasteiger partial charge in [-0.15, -0.1) is 0 Å². The van der Waals surface area contributed by atoms with Crippen LogP contribution in [0.4, 0.5) is 0 Å². The molecule has 6 bridgehead atoms. The van der Waals surface area contributed by atoms with E-state index in [1.807, 2.05) is 0 Å². The standard InChI is InChI=1S/C25H34N2O/c1-16-2-4-19(5-3-16)24-11-17-8-18(12-24)14-25(13-17,15-24)23(28)27-22-9-20-6-7-21(10-22)26-20/h2-5,17-18,20-22,26H,6-15H2,1H3,(H,27,28). The second-order valence-electron chi connectivity index (χ2n) is 11.2. The van der Waals surface area contributed by atoms with E-state index in [9.17, 15) is 4.79 Å². The van der Waals surface area contributed by atoms with E-state index in [0.29, 0.717) is 24.0 Å². The fourth-order valence-corrected chi connectivity index (χ4v) is 8.29. The van der Waals surface area contributed by atoms with Gasteiger partial charge in [-0.3, -0.25) is 4.79 Å². The van der Waals surface area contributed by atoms with Crippen molar-refractivity contribution in [3.05, 3.63) is 35.4 Å². The zero-order valence-electron chi connectivity index (χ0n) is 17.2. The van der Waals surface area contributed by atoms with E-state index in [0.717, 1.165) is 43.9 Å². The van der Waals surface area contributed by atoms with Crippen molar-refractivity contribution < 1.29 is 4.79 Å². The van der Waals surface area contributed by atoms with E-state index in [1.165, 1.54) is 43.2 Å². The summed E-state index contributed by atoms with van der Waals surface area (Å²) in [6, 6.07) is 10.9. The number of aryl methyl sites for hydroxylation is 1. The second kappa shape index (κ2) is 6.08. The van der Waals surface area contributed by atoms with E-state index >= 15 is 0 Å². The summed E-state index contributed by atoms with van der Waals surface area (Å²) < 4.78 is 0. The third-order valence-corrected chi connectivity index (χ3v) is 9.01. The third-order valence-electron chi connectivity index (χ3n) is 9.01. The Kier molecular flexibility index (Phi) is 3.80. The normalized spacial score (nSPS) is 46.0. The maximum Gasteiger partial charge on any atom is 0.226 e. The van der Waals surface area contributed by atoms with Crippen LogP contribution in [0.2, 0.25) is 0 Å². The molecule has 150 valence electrons. The van der Waals surface area contributed by atoms with Crippen LogP contribution in [0.3, 0.4) is 0 Å². The molecule has 2 N–H and O–H groups in total. The number of hydrogen-bond donors (Lipinski definition) is 2. The fraction of sp³-hybridized carbons (Fsp3) is 0.720. The molecule has 1 aromatic rings. The molecule has 2 aliphatic heterocycles. The van der Waals surface area contributed by atoms with Crippen molar-refractivity contribution in [3.63, 3.8) is 0 Å². The van der Waals surface area contributed by atoms with Crippen LogP contribution in [0.5, 0.6) is 0 Å². The van der Waals surface area contributed by atoms with E-state index < -0.39 is 0 Å².